The zero-order valence-corrected chi connectivity index (χ0v) is 25.5. The van der Waals surface area contributed by atoms with Crippen molar-refractivity contribution in [3.8, 4) is 5.75 Å². The van der Waals surface area contributed by atoms with Gasteiger partial charge in [0.2, 0.25) is 0 Å². The number of rotatable bonds is 22. The van der Waals surface area contributed by atoms with Gasteiger partial charge in [-0.2, -0.15) is 0 Å². The second-order valence-corrected chi connectivity index (χ2v) is 11.6. The smallest absolute Gasteiger partial charge is 0.364 e. The van der Waals surface area contributed by atoms with Crippen LogP contribution in [-0.2, 0) is 22.5 Å². The fourth-order valence-electron chi connectivity index (χ4n) is 5.37. The Kier molecular flexibility index (Phi) is 16.6. The lowest BCUT2D eigenvalue weighted by Crippen LogP contribution is -2.52. The molecule has 1 unspecified atom stereocenters. The number of ether oxygens (including phenoxy) is 2. The van der Waals surface area contributed by atoms with Crippen molar-refractivity contribution in [2.45, 2.75) is 116 Å². The van der Waals surface area contributed by atoms with E-state index in [1.54, 1.807) is 0 Å². The Hall–Kier alpha value is -2.33. The molecule has 0 aliphatic carbocycles. The van der Waals surface area contributed by atoms with Crippen LogP contribution in [0.25, 0.3) is 0 Å². The molecule has 1 atom stereocenters. The minimum absolute atomic E-state index is 0.120. The summed E-state index contributed by atoms with van der Waals surface area (Å²) < 4.78 is 12.1. The second kappa shape index (κ2) is 19.7. The van der Waals surface area contributed by atoms with Gasteiger partial charge in [-0.3, -0.25) is 0 Å². The molecule has 4 nitrogen and oxygen atoms in total. The number of aryl methyl sites for hydroxylation is 1. The van der Waals surface area contributed by atoms with E-state index in [0.29, 0.717) is 24.1 Å². The molecule has 0 fully saturated rings. The van der Waals surface area contributed by atoms with E-state index in [9.17, 15) is 4.79 Å². The third-order valence-electron chi connectivity index (χ3n) is 7.73. The number of hydrogen-bond acceptors (Lipinski definition) is 3. The first kappa shape index (κ1) is 32.9. The van der Waals surface area contributed by atoms with Crippen LogP contribution in [0.15, 0.2) is 54.6 Å². The predicted octanol–water partition coefficient (Wildman–Crippen LogP) is 8.91. The average molecular weight is 539 g/mol. The molecule has 0 aliphatic heterocycles. The van der Waals surface area contributed by atoms with Gasteiger partial charge in [-0.25, -0.2) is 4.79 Å². The number of benzene rings is 2. The summed E-state index contributed by atoms with van der Waals surface area (Å²) >= 11 is 0. The van der Waals surface area contributed by atoms with E-state index < -0.39 is 0 Å². The van der Waals surface area contributed by atoms with Crippen LogP contribution in [0.2, 0.25) is 0 Å². The van der Waals surface area contributed by atoms with E-state index in [2.05, 4.69) is 64.3 Å². The third kappa shape index (κ3) is 14.0. The molecule has 2 rings (SSSR count). The molecule has 0 bridgehead atoms. The number of esters is 1. The van der Waals surface area contributed by atoms with E-state index >= 15 is 0 Å². The quantitative estimate of drug-likeness (QED) is 0.0853. The number of carbonyl (C=O) groups is 1. The summed E-state index contributed by atoms with van der Waals surface area (Å²) in [6.45, 7) is 6.07. The molecule has 39 heavy (non-hydrogen) atoms. The lowest BCUT2D eigenvalue weighted by atomic mass is 10.0. The van der Waals surface area contributed by atoms with Crippen molar-refractivity contribution in [3.05, 3.63) is 65.7 Å². The van der Waals surface area contributed by atoms with Crippen LogP contribution in [0, 0.1) is 0 Å². The molecule has 0 saturated carbocycles. The minimum atomic E-state index is -0.181. The Balaban J connectivity index is 1.55. The van der Waals surface area contributed by atoms with E-state index in [0.717, 1.165) is 25.1 Å². The summed E-state index contributed by atoms with van der Waals surface area (Å²) in [6, 6.07) is 18.6. The van der Waals surface area contributed by atoms with Crippen LogP contribution in [0.4, 0.5) is 0 Å². The number of likely N-dealkylation sites (N-methyl/N-ethyl adjacent to an activating group) is 1. The van der Waals surface area contributed by atoms with Crippen molar-refractivity contribution in [2.75, 3.05) is 27.3 Å². The monoisotopic (exact) mass is 538 g/mol. The molecule has 0 N–H and O–H groups in total. The van der Waals surface area contributed by atoms with Gasteiger partial charge in [-0.05, 0) is 30.5 Å². The predicted molar refractivity (Wildman–Crippen MR) is 164 cm³/mol. The van der Waals surface area contributed by atoms with Gasteiger partial charge >= 0.3 is 5.97 Å². The molecule has 4 heteroatoms. The molecule has 0 spiro atoms. The molecule has 0 radical (unpaired) electrons. The molecular formula is C35H56NO3+. The van der Waals surface area contributed by atoms with Gasteiger partial charge in [-0.1, -0.05) is 121 Å². The summed E-state index contributed by atoms with van der Waals surface area (Å²) in [7, 11) is 4.21. The first-order valence-corrected chi connectivity index (χ1v) is 15.7. The lowest BCUT2D eigenvalue weighted by Gasteiger charge is -2.36. The van der Waals surface area contributed by atoms with Crippen molar-refractivity contribution in [3.63, 3.8) is 0 Å². The Morgan fingerprint density at radius 3 is 1.87 bits per heavy atom. The van der Waals surface area contributed by atoms with Crippen molar-refractivity contribution >= 4 is 5.97 Å². The van der Waals surface area contributed by atoms with Crippen molar-refractivity contribution < 1.29 is 18.8 Å². The van der Waals surface area contributed by atoms with Crippen LogP contribution < -0.4 is 4.74 Å². The Labute approximate surface area is 239 Å². The standard InChI is InChI=1S/C35H56NO3/c1-5-7-8-9-10-11-12-13-14-15-17-21-31-24-26-33(27-25-31)38-28-20-29-39-35(37)34(6-2)36(3,4)30-32-22-18-16-19-23-32/h16,18-19,22-27,34H,5-15,17,20-21,28-30H2,1-4H3/q+1. The Morgan fingerprint density at radius 1 is 0.692 bits per heavy atom. The maximum atomic E-state index is 12.8. The van der Waals surface area contributed by atoms with Crippen LogP contribution in [0.3, 0.4) is 0 Å². The summed E-state index contributed by atoms with van der Waals surface area (Å²) in [5.41, 5.74) is 2.61. The van der Waals surface area contributed by atoms with Crippen LogP contribution in [0.1, 0.15) is 108 Å². The maximum absolute atomic E-state index is 12.8. The van der Waals surface area contributed by atoms with E-state index in [4.69, 9.17) is 9.47 Å². The van der Waals surface area contributed by atoms with Gasteiger partial charge in [0.1, 0.15) is 12.3 Å². The number of carbonyl (C=O) groups excluding carboxylic acids is 1. The summed E-state index contributed by atoms with van der Waals surface area (Å²) in [4.78, 5) is 12.8. The van der Waals surface area contributed by atoms with Gasteiger partial charge in [0.25, 0.3) is 0 Å². The SMILES string of the molecule is CCCCCCCCCCCCCc1ccc(OCCCOC(=O)C(CC)[N+](C)(C)Cc2ccccc2)cc1. The molecule has 218 valence electrons. The minimum Gasteiger partial charge on any atom is -0.493 e. The van der Waals surface area contributed by atoms with Crippen LogP contribution in [0.5, 0.6) is 5.75 Å². The second-order valence-electron chi connectivity index (χ2n) is 11.6. The van der Waals surface area contributed by atoms with Crippen molar-refractivity contribution in [2.24, 2.45) is 0 Å². The molecule has 0 saturated heterocycles. The van der Waals surface area contributed by atoms with Crippen molar-refractivity contribution in [1.29, 1.82) is 0 Å². The van der Waals surface area contributed by atoms with Crippen LogP contribution in [-0.4, -0.2) is 43.8 Å². The first-order valence-electron chi connectivity index (χ1n) is 15.7. The van der Waals surface area contributed by atoms with Crippen LogP contribution >= 0.6 is 0 Å². The Morgan fingerprint density at radius 2 is 1.28 bits per heavy atom. The first-order chi connectivity index (χ1) is 19.0. The highest BCUT2D eigenvalue weighted by molar-refractivity contribution is 5.74. The summed E-state index contributed by atoms with van der Waals surface area (Å²) in [5.74, 6) is 0.765. The summed E-state index contributed by atoms with van der Waals surface area (Å²) in [6.07, 6.45) is 17.8. The highest BCUT2D eigenvalue weighted by Crippen LogP contribution is 2.19. The molecular weight excluding hydrogens is 482 g/mol. The lowest BCUT2D eigenvalue weighted by molar-refractivity contribution is -0.919. The maximum Gasteiger partial charge on any atom is 0.364 e. The van der Waals surface area contributed by atoms with Gasteiger partial charge in [0, 0.05) is 18.4 Å². The highest BCUT2D eigenvalue weighted by atomic mass is 16.5. The fraction of sp³-hybridized carbons (Fsp3) is 0.629. The normalized spacial score (nSPS) is 12.3. The number of quaternary nitrogens is 1. The molecule has 0 aliphatic rings. The fourth-order valence-corrected chi connectivity index (χ4v) is 5.37. The van der Waals surface area contributed by atoms with E-state index in [-0.39, 0.29) is 12.0 Å². The van der Waals surface area contributed by atoms with E-state index in [1.807, 2.05) is 18.2 Å². The molecule has 2 aromatic carbocycles. The van der Waals surface area contributed by atoms with Gasteiger partial charge < -0.3 is 14.0 Å². The largest absolute Gasteiger partial charge is 0.493 e. The molecule has 0 aromatic heterocycles. The number of nitrogens with zero attached hydrogens (tertiary/aromatic N) is 1. The topological polar surface area (TPSA) is 35.5 Å². The average Bonchev–Trinajstić information content (AvgIpc) is 2.93. The van der Waals surface area contributed by atoms with E-state index in [1.165, 1.54) is 81.8 Å². The zero-order chi connectivity index (χ0) is 28.2. The molecule has 0 amide bonds. The summed E-state index contributed by atoms with van der Waals surface area (Å²) in [5, 5.41) is 0. The third-order valence-corrected chi connectivity index (χ3v) is 7.73. The molecule has 2 aromatic rings. The van der Waals surface area contributed by atoms with Gasteiger partial charge in [0.15, 0.2) is 6.04 Å². The number of hydrogen-bond donors (Lipinski definition) is 0. The highest BCUT2D eigenvalue weighted by Gasteiger charge is 2.34. The number of unbranched alkanes of at least 4 members (excludes halogenated alkanes) is 10. The van der Waals surface area contributed by atoms with Gasteiger partial charge in [0.05, 0.1) is 27.3 Å². The molecule has 0 heterocycles. The van der Waals surface area contributed by atoms with Crippen molar-refractivity contribution in [1.82, 2.24) is 0 Å². The Bertz CT molecular complexity index is 879. The van der Waals surface area contributed by atoms with Gasteiger partial charge in [-0.15, -0.1) is 0 Å². The zero-order valence-electron chi connectivity index (χ0n) is 25.5.